The van der Waals surface area contributed by atoms with Crippen LogP contribution < -0.4 is 10.4 Å². The highest BCUT2D eigenvalue weighted by molar-refractivity contribution is 5.89. The topological polar surface area (TPSA) is 88.6 Å². The number of rotatable bonds is 5. The van der Waals surface area contributed by atoms with Gasteiger partial charge in [-0.3, -0.25) is 9.61 Å². The number of benzene rings is 1. The summed E-state index contributed by atoms with van der Waals surface area (Å²) in [5.74, 6) is -2.95. The van der Waals surface area contributed by atoms with Crippen LogP contribution in [0.4, 0.5) is 17.6 Å². The number of piperidine rings is 1. The zero-order chi connectivity index (χ0) is 24.9. The van der Waals surface area contributed by atoms with Gasteiger partial charge in [-0.15, -0.1) is 5.10 Å². The Bertz CT molecular complexity index is 1460. The van der Waals surface area contributed by atoms with E-state index in [9.17, 15) is 17.6 Å². The quantitative estimate of drug-likeness (QED) is 0.445. The number of hydrogen-bond acceptors (Lipinski definition) is 6. The Hall–Kier alpha value is -3.48. The summed E-state index contributed by atoms with van der Waals surface area (Å²) in [6, 6.07) is 5.27. The maximum Gasteiger partial charge on any atom is 0.282 e. The molecule has 34 heavy (non-hydrogen) atoms. The molecule has 9 nitrogen and oxygen atoms in total. The maximum atomic E-state index is 14.5. The molecule has 0 aliphatic carbocycles. The second-order valence-electron chi connectivity index (χ2n) is 8.23. The van der Waals surface area contributed by atoms with Crippen LogP contribution in [0.1, 0.15) is 7.79 Å². The number of nitrogens with one attached hydrogen (secondary N) is 1. The van der Waals surface area contributed by atoms with Gasteiger partial charge in [0, 0.05) is 18.3 Å². The third kappa shape index (κ3) is 4.00. The maximum absolute atomic E-state index is 14.5. The molecule has 0 radical (unpaired) electrons. The lowest BCUT2D eigenvalue weighted by molar-refractivity contribution is -0.0738. The van der Waals surface area contributed by atoms with Crippen molar-refractivity contribution < 1.29 is 23.7 Å². The highest BCUT2D eigenvalue weighted by atomic mass is 19.3. The van der Waals surface area contributed by atoms with Crippen molar-refractivity contribution in [3.63, 3.8) is 0 Å². The van der Waals surface area contributed by atoms with E-state index in [1.807, 2.05) is 0 Å². The Kier molecular flexibility index (Phi) is 5.20. The fraction of sp³-hybridized carbons (Fsp3) is 0.429. The smallest absolute Gasteiger partial charge is 0.282 e. The van der Waals surface area contributed by atoms with Crippen molar-refractivity contribution in [2.75, 3.05) is 27.2 Å². The lowest BCUT2D eigenvalue weighted by atomic mass is 10.0. The van der Waals surface area contributed by atoms with Gasteiger partial charge in [0.2, 0.25) is 11.5 Å². The summed E-state index contributed by atoms with van der Waals surface area (Å²) in [5, 5.41) is 10.5. The third-order valence-corrected chi connectivity index (χ3v) is 5.80. The summed E-state index contributed by atoms with van der Waals surface area (Å²) in [6.07, 6.45) is -2.44. The van der Waals surface area contributed by atoms with Crippen LogP contribution in [0, 0.1) is 0 Å². The number of fused-ring (bicyclic) bond motifs is 2. The average molecular weight is 479 g/mol. The molecule has 180 valence electrons. The average Bonchev–Trinajstić information content (AvgIpc) is 3.35. The second kappa shape index (κ2) is 8.38. The van der Waals surface area contributed by atoms with Crippen molar-refractivity contribution in [1.29, 1.82) is 0 Å². The minimum atomic E-state index is -3.03. The molecule has 1 saturated heterocycles. The third-order valence-electron chi connectivity index (χ3n) is 5.80. The molecule has 0 unspecified atom stereocenters. The number of aromatic amines is 1. The van der Waals surface area contributed by atoms with Crippen LogP contribution in [-0.4, -0.2) is 80.1 Å². The fourth-order valence-electron chi connectivity index (χ4n) is 4.18. The van der Waals surface area contributed by atoms with Crippen LogP contribution in [0.2, 0.25) is 0 Å². The van der Waals surface area contributed by atoms with E-state index >= 15 is 0 Å². The molecule has 0 bridgehead atoms. The molecule has 1 N–H and O–H groups in total. The van der Waals surface area contributed by atoms with E-state index in [4.69, 9.17) is 6.11 Å². The number of aromatic nitrogens is 6. The number of methoxy groups -OCH3 is 1. The van der Waals surface area contributed by atoms with Crippen molar-refractivity contribution in [2.45, 2.75) is 31.4 Å². The van der Waals surface area contributed by atoms with Gasteiger partial charge in [-0.1, -0.05) is 11.3 Å². The molecule has 1 aromatic carbocycles. The Balaban J connectivity index is 1.63. The van der Waals surface area contributed by atoms with Crippen LogP contribution >= 0.6 is 0 Å². The van der Waals surface area contributed by atoms with Gasteiger partial charge in [0.15, 0.2) is 0 Å². The van der Waals surface area contributed by atoms with Crippen LogP contribution in [0.3, 0.4) is 0 Å². The number of likely N-dealkylation sites (tertiary alicyclic amines) is 1. The van der Waals surface area contributed by atoms with Gasteiger partial charge in [0.25, 0.3) is 12.3 Å². The normalized spacial score (nSPS) is 19.9. The van der Waals surface area contributed by atoms with E-state index in [0.717, 1.165) is 4.68 Å². The number of H-pyrrole nitrogens is 1. The van der Waals surface area contributed by atoms with E-state index in [-0.39, 0.29) is 24.1 Å². The van der Waals surface area contributed by atoms with E-state index in [1.165, 1.54) is 17.7 Å². The zero-order valence-electron chi connectivity index (χ0n) is 19.3. The van der Waals surface area contributed by atoms with Crippen LogP contribution in [0.25, 0.3) is 27.7 Å². The van der Waals surface area contributed by atoms with Crippen molar-refractivity contribution >= 4 is 16.6 Å². The van der Waals surface area contributed by atoms with Crippen LogP contribution in [0.5, 0.6) is 5.88 Å². The SMILES string of the molecule is [2H]c1cc(-c2ccc3nnn(CC(F)F)c3c2)c2c(OC)nc(=N[C@@H]3CCN(C)CC3(F)F)[nH]n12. The first-order valence-electron chi connectivity index (χ1n) is 11.0. The van der Waals surface area contributed by atoms with E-state index < -0.39 is 31.5 Å². The monoisotopic (exact) mass is 479 g/mol. The largest absolute Gasteiger partial charge is 0.479 e. The summed E-state index contributed by atoms with van der Waals surface area (Å²) < 4.78 is 71.2. The summed E-state index contributed by atoms with van der Waals surface area (Å²) >= 11 is 0. The first kappa shape index (κ1) is 21.1. The Labute approximate surface area is 192 Å². The molecule has 0 spiro atoms. The first-order valence-corrected chi connectivity index (χ1v) is 10.5. The molecular formula is C21H22F4N8O. The molecule has 5 rings (SSSR count). The summed E-state index contributed by atoms with van der Waals surface area (Å²) in [7, 11) is 3.01. The predicted octanol–water partition coefficient (Wildman–Crippen LogP) is 2.59. The van der Waals surface area contributed by atoms with E-state index in [1.54, 1.807) is 30.1 Å². The highest BCUT2D eigenvalue weighted by Gasteiger charge is 2.43. The lowest BCUT2D eigenvalue weighted by Gasteiger charge is -2.33. The Morgan fingerprint density at radius 3 is 2.91 bits per heavy atom. The number of ether oxygens (including phenoxy) is 1. The van der Waals surface area contributed by atoms with Gasteiger partial charge in [-0.05, 0) is 37.2 Å². The summed E-state index contributed by atoms with van der Waals surface area (Å²) in [5.41, 5.74) is 2.25. The van der Waals surface area contributed by atoms with Crippen LogP contribution in [-0.2, 0) is 6.54 Å². The van der Waals surface area contributed by atoms with Gasteiger partial charge in [-0.25, -0.2) is 27.2 Å². The van der Waals surface area contributed by atoms with Crippen LogP contribution in [0.15, 0.2) is 35.4 Å². The Morgan fingerprint density at radius 2 is 2.18 bits per heavy atom. The lowest BCUT2D eigenvalue weighted by Crippen LogP contribution is -2.50. The molecular weight excluding hydrogens is 456 g/mol. The van der Waals surface area contributed by atoms with Gasteiger partial charge >= 0.3 is 0 Å². The highest BCUT2D eigenvalue weighted by Crippen LogP contribution is 2.32. The predicted molar refractivity (Wildman–Crippen MR) is 115 cm³/mol. The first-order chi connectivity index (χ1) is 16.7. The molecule has 13 heteroatoms. The minimum absolute atomic E-state index is 0.00148. The van der Waals surface area contributed by atoms with Crippen molar-refractivity contribution in [2.24, 2.45) is 4.99 Å². The fourth-order valence-corrected chi connectivity index (χ4v) is 4.18. The molecule has 4 heterocycles. The molecule has 1 atom stereocenters. The molecule has 4 aromatic rings. The molecule has 0 saturated carbocycles. The van der Waals surface area contributed by atoms with Gasteiger partial charge < -0.3 is 9.64 Å². The van der Waals surface area contributed by atoms with Gasteiger partial charge in [0.1, 0.15) is 23.6 Å². The molecule has 1 aliphatic rings. The number of hydrogen-bond donors (Lipinski definition) is 1. The van der Waals surface area contributed by atoms with E-state index in [2.05, 4.69) is 25.4 Å². The minimum Gasteiger partial charge on any atom is -0.479 e. The number of halogens is 4. The standard InChI is InChI=1S/C21H22F4N8O/c1-31-7-6-16(21(24,25)11-31)26-20-27-19(34-2)18-13(5-8-32(18)29-20)12-3-4-14-15(9-12)33(30-28-14)10-17(22)23/h3-5,8-9,16-17H,6-7,10-11H2,1-2H3,(H,26,29)/t16-/m1/s1/i8D. The van der Waals surface area contributed by atoms with Crippen molar-refractivity contribution in [3.05, 3.63) is 36.1 Å². The number of nitrogens with zero attached hydrogens (tertiary/aromatic N) is 7. The molecule has 1 aliphatic heterocycles. The number of alkyl halides is 4. The summed E-state index contributed by atoms with van der Waals surface area (Å²) in [6.45, 7) is -0.539. The Morgan fingerprint density at radius 1 is 1.35 bits per heavy atom. The van der Waals surface area contributed by atoms with Crippen molar-refractivity contribution in [3.8, 4) is 17.0 Å². The van der Waals surface area contributed by atoms with Gasteiger partial charge in [-0.2, -0.15) is 4.98 Å². The summed E-state index contributed by atoms with van der Waals surface area (Å²) in [4.78, 5) is 9.97. The molecule has 0 amide bonds. The van der Waals surface area contributed by atoms with Crippen molar-refractivity contribution in [1.82, 2.24) is 34.5 Å². The van der Waals surface area contributed by atoms with E-state index in [0.29, 0.717) is 34.2 Å². The van der Waals surface area contributed by atoms with Gasteiger partial charge in [0.05, 0.1) is 20.5 Å². The molecule has 3 aromatic heterocycles. The zero-order valence-corrected chi connectivity index (χ0v) is 18.3. The second-order valence-corrected chi connectivity index (χ2v) is 8.23. The molecule has 1 fully saturated rings.